The number of ether oxygens (including phenoxy) is 1. The van der Waals surface area contributed by atoms with Gasteiger partial charge in [0.1, 0.15) is 10.8 Å². The number of amides is 1. The summed E-state index contributed by atoms with van der Waals surface area (Å²) in [6.45, 7) is 6.17. The zero-order valence-corrected chi connectivity index (χ0v) is 17.2. The smallest absolute Gasteiger partial charge is 0.233 e. The second kappa shape index (κ2) is 8.88. The third-order valence-electron chi connectivity index (χ3n) is 4.16. The lowest BCUT2D eigenvalue weighted by atomic mass is 10.2. The zero-order valence-electron chi connectivity index (χ0n) is 16.3. The van der Waals surface area contributed by atoms with Gasteiger partial charge in [0.2, 0.25) is 5.91 Å². The second-order valence-corrected chi connectivity index (χ2v) is 7.72. The van der Waals surface area contributed by atoms with Gasteiger partial charge in [0.15, 0.2) is 5.82 Å². The van der Waals surface area contributed by atoms with E-state index < -0.39 is 0 Å². The molecule has 0 fully saturated rings. The van der Waals surface area contributed by atoms with E-state index in [1.165, 1.54) is 11.8 Å². The average molecular weight is 398 g/mol. The number of methoxy groups -OCH3 is 1. The summed E-state index contributed by atoms with van der Waals surface area (Å²) < 4.78 is 7.06. The monoisotopic (exact) mass is 397 g/mol. The Kier molecular flexibility index (Phi) is 6.30. The van der Waals surface area contributed by atoms with E-state index >= 15 is 0 Å². The quantitative estimate of drug-likeness (QED) is 0.617. The lowest BCUT2D eigenvalue weighted by molar-refractivity contribution is -0.120. The van der Waals surface area contributed by atoms with Crippen LogP contribution in [0.4, 0.5) is 0 Å². The largest absolute Gasteiger partial charge is 0.496 e. The summed E-state index contributed by atoms with van der Waals surface area (Å²) in [5, 5.41) is 16.2. The van der Waals surface area contributed by atoms with Crippen LogP contribution in [0.25, 0.3) is 5.82 Å². The van der Waals surface area contributed by atoms with E-state index in [9.17, 15) is 4.79 Å². The van der Waals surface area contributed by atoms with Crippen LogP contribution >= 0.6 is 11.8 Å². The van der Waals surface area contributed by atoms with Gasteiger partial charge in [-0.1, -0.05) is 30.0 Å². The maximum Gasteiger partial charge on any atom is 0.233 e. The summed E-state index contributed by atoms with van der Waals surface area (Å²) in [4.78, 5) is 12.4. The average Bonchev–Trinajstić information content (AvgIpc) is 3.04. The molecule has 1 atom stereocenters. The summed E-state index contributed by atoms with van der Waals surface area (Å²) in [7, 11) is 1.62. The third-order valence-corrected chi connectivity index (χ3v) is 5.19. The van der Waals surface area contributed by atoms with E-state index in [4.69, 9.17) is 4.74 Å². The normalized spacial score (nSPS) is 11.9. The Balaban J connectivity index is 1.58. The highest BCUT2D eigenvalue weighted by molar-refractivity contribution is 8.00. The van der Waals surface area contributed by atoms with E-state index in [1.54, 1.807) is 11.8 Å². The van der Waals surface area contributed by atoms with Crippen molar-refractivity contribution in [2.45, 2.75) is 37.6 Å². The van der Waals surface area contributed by atoms with E-state index in [2.05, 4.69) is 20.6 Å². The number of thioether (sulfide) groups is 1. The Morgan fingerprint density at radius 1 is 1.21 bits per heavy atom. The Bertz CT molecular complexity index is 955. The molecule has 3 rings (SSSR count). The van der Waals surface area contributed by atoms with Crippen molar-refractivity contribution in [2.75, 3.05) is 7.11 Å². The van der Waals surface area contributed by atoms with Crippen molar-refractivity contribution in [3.05, 3.63) is 59.4 Å². The van der Waals surface area contributed by atoms with E-state index in [1.807, 2.05) is 63.2 Å². The minimum absolute atomic E-state index is 0.0691. The molecule has 0 aliphatic rings. The fourth-order valence-electron chi connectivity index (χ4n) is 2.76. The lowest BCUT2D eigenvalue weighted by Gasteiger charge is -2.13. The number of carbonyl (C=O) groups excluding carboxylic acids is 1. The number of aryl methyl sites for hydroxylation is 2. The first kappa shape index (κ1) is 19.9. The first-order valence-corrected chi connectivity index (χ1v) is 9.79. The maximum absolute atomic E-state index is 12.4. The number of nitrogens with one attached hydrogen (secondary N) is 1. The molecule has 146 valence electrons. The number of rotatable bonds is 7. The highest BCUT2D eigenvalue weighted by atomic mass is 32.2. The van der Waals surface area contributed by atoms with Crippen LogP contribution in [-0.4, -0.2) is 38.2 Å². The predicted octanol–water partition coefficient (Wildman–Crippen LogP) is 3.08. The molecule has 0 radical (unpaired) electrons. The fourth-order valence-corrected chi connectivity index (χ4v) is 3.55. The van der Waals surface area contributed by atoms with Gasteiger partial charge in [-0.05, 0) is 45.0 Å². The van der Waals surface area contributed by atoms with Crippen LogP contribution in [0.2, 0.25) is 0 Å². The highest BCUT2D eigenvalue weighted by Crippen LogP contribution is 2.22. The first-order valence-electron chi connectivity index (χ1n) is 8.91. The third kappa shape index (κ3) is 4.69. The molecular formula is C20H23N5O2S. The van der Waals surface area contributed by atoms with E-state index in [0.717, 1.165) is 22.7 Å². The van der Waals surface area contributed by atoms with Crippen LogP contribution in [0, 0.1) is 13.8 Å². The van der Waals surface area contributed by atoms with Crippen molar-refractivity contribution in [3.8, 4) is 11.6 Å². The Hall–Kier alpha value is -2.87. The Morgan fingerprint density at radius 2 is 2.00 bits per heavy atom. The summed E-state index contributed by atoms with van der Waals surface area (Å²) >= 11 is 1.36. The van der Waals surface area contributed by atoms with Gasteiger partial charge in [-0.2, -0.15) is 5.10 Å². The number of aromatic nitrogens is 4. The van der Waals surface area contributed by atoms with Gasteiger partial charge in [0, 0.05) is 17.8 Å². The number of nitrogens with zero attached hydrogens (tertiary/aromatic N) is 4. The van der Waals surface area contributed by atoms with Gasteiger partial charge in [0.05, 0.1) is 18.1 Å². The number of carbonyl (C=O) groups is 1. The van der Waals surface area contributed by atoms with Gasteiger partial charge in [-0.15, -0.1) is 10.2 Å². The molecule has 0 aliphatic heterocycles. The van der Waals surface area contributed by atoms with Crippen LogP contribution in [-0.2, 0) is 11.3 Å². The molecule has 0 saturated carbocycles. The van der Waals surface area contributed by atoms with Crippen molar-refractivity contribution in [3.63, 3.8) is 0 Å². The molecule has 0 aliphatic carbocycles. The molecule has 1 amide bonds. The molecule has 2 aromatic heterocycles. The van der Waals surface area contributed by atoms with Crippen LogP contribution in [0.3, 0.4) is 0 Å². The molecule has 3 aromatic rings. The lowest BCUT2D eigenvalue weighted by Crippen LogP contribution is -2.30. The molecular weight excluding hydrogens is 374 g/mol. The van der Waals surface area contributed by atoms with Crippen molar-refractivity contribution < 1.29 is 9.53 Å². The van der Waals surface area contributed by atoms with E-state index in [0.29, 0.717) is 17.4 Å². The molecule has 0 spiro atoms. The molecule has 1 N–H and O–H groups in total. The van der Waals surface area contributed by atoms with Gasteiger partial charge >= 0.3 is 0 Å². The fraction of sp³-hybridized carbons (Fsp3) is 0.300. The molecule has 1 aromatic carbocycles. The number of para-hydroxylation sites is 1. The van der Waals surface area contributed by atoms with Crippen molar-refractivity contribution in [2.24, 2.45) is 0 Å². The molecule has 0 bridgehead atoms. The molecule has 7 nitrogen and oxygen atoms in total. The maximum atomic E-state index is 12.4. The number of hydrogen-bond donors (Lipinski definition) is 1. The van der Waals surface area contributed by atoms with Gasteiger partial charge in [-0.25, -0.2) is 4.68 Å². The summed E-state index contributed by atoms with van der Waals surface area (Å²) in [5.41, 5.74) is 2.86. The Labute approximate surface area is 168 Å². The zero-order chi connectivity index (χ0) is 20.1. The topological polar surface area (TPSA) is 81.9 Å². The minimum Gasteiger partial charge on any atom is -0.496 e. The van der Waals surface area contributed by atoms with Gasteiger partial charge < -0.3 is 10.1 Å². The first-order chi connectivity index (χ1) is 13.5. The molecule has 0 saturated heterocycles. The van der Waals surface area contributed by atoms with Crippen molar-refractivity contribution in [1.82, 2.24) is 25.3 Å². The molecule has 0 unspecified atom stereocenters. The van der Waals surface area contributed by atoms with E-state index in [-0.39, 0.29) is 11.2 Å². The molecule has 2 heterocycles. The number of hydrogen-bond acceptors (Lipinski definition) is 6. The summed E-state index contributed by atoms with van der Waals surface area (Å²) in [6.07, 6.45) is 0. The standard InChI is InChI=1S/C20H23N5O2S/c1-13-11-14(2)25(24-13)18-9-10-19(23-22-18)28-15(3)20(26)21-12-16-7-5-6-8-17(16)27-4/h5-11,15H,12H2,1-4H3,(H,21,26)/t15-/m1/s1. The summed E-state index contributed by atoms with van der Waals surface area (Å²) in [5.74, 6) is 1.34. The van der Waals surface area contributed by atoms with Gasteiger partial charge in [0.25, 0.3) is 0 Å². The molecule has 28 heavy (non-hydrogen) atoms. The molecule has 8 heteroatoms. The highest BCUT2D eigenvalue weighted by Gasteiger charge is 2.16. The second-order valence-electron chi connectivity index (χ2n) is 6.36. The van der Waals surface area contributed by atoms with Crippen LogP contribution in [0.1, 0.15) is 23.9 Å². The van der Waals surface area contributed by atoms with Crippen LogP contribution in [0.15, 0.2) is 47.5 Å². The van der Waals surface area contributed by atoms with Crippen LogP contribution < -0.4 is 10.1 Å². The summed E-state index contributed by atoms with van der Waals surface area (Å²) in [6, 6.07) is 13.3. The van der Waals surface area contributed by atoms with Gasteiger partial charge in [-0.3, -0.25) is 4.79 Å². The number of benzene rings is 1. The SMILES string of the molecule is COc1ccccc1CNC(=O)[C@@H](C)Sc1ccc(-n2nc(C)cc2C)nn1. The predicted molar refractivity (Wildman–Crippen MR) is 109 cm³/mol. The Morgan fingerprint density at radius 3 is 2.64 bits per heavy atom. The van der Waals surface area contributed by atoms with Crippen molar-refractivity contribution in [1.29, 1.82) is 0 Å². The van der Waals surface area contributed by atoms with Crippen molar-refractivity contribution >= 4 is 17.7 Å². The van der Waals surface area contributed by atoms with Crippen LogP contribution in [0.5, 0.6) is 5.75 Å². The minimum atomic E-state index is -0.302.